The van der Waals surface area contributed by atoms with Crippen LogP contribution in [0.25, 0.3) is 0 Å². The van der Waals surface area contributed by atoms with Gasteiger partial charge in [-0.2, -0.15) is 0 Å². The molecule has 2 saturated carbocycles. The summed E-state index contributed by atoms with van der Waals surface area (Å²) in [7, 11) is 0. The van der Waals surface area contributed by atoms with Crippen LogP contribution in [0.15, 0.2) is 22.8 Å². The van der Waals surface area contributed by atoms with Gasteiger partial charge in [0, 0.05) is 29.2 Å². The van der Waals surface area contributed by atoms with Crippen LogP contribution in [0.4, 0.5) is 0 Å². The Labute approximate surface area is 201 Å². The van der Waals surface area contributed by atoms with Crippen LogP contribution < -0.4 is 0 Å². The fourth-order valence-corrected chi connectivity index (χ4v) is 8.98. The number of rotatable bonds is 5. The molecular formula is C30H46O3. The number of hydrogen-bond acceptors (Lipinski definition) is 3. The Morgan fingerprint density at radius 2 is 1.79 bits per heavy atom. The van der Waals surface area contributed by atoms with Crippen LogP contribution in [0.5, 0.6) is 0 Å². The number of ketones is 2. The monoisotopic (exact) mass is 454 g/mol. The van der Waals surface area contributed by atoms with E-state index in [0.29, 0.717) is 36.2 Å². The number of aliphatic hydroxyl groups excluding tert-OH is 1. The first kappa shape index (κ1) is 24.9. The molecule has 3 heteroatoms. The summed E-state index contributed by atoms with van der Waals surface area (Å²) >= 11 is 0. The molecule has 33 heavy (non-hydrogen) atoms. The molecule has 0 heterocycles. The smallest absolute Gasteiger partial charge is 0.159 e. The van der Waals surface area contributed by atoms with Gasteiger partial charge in [-0.3, -0.25) is 9.59 Å². The van der Waals surface area contributed by atoms with Crippen molar-refractivity contribution in [2.24, 2.45) is 39.4 Å². The molecule has 0 aliphatic heterocycles. The number of allylic oxidation sites excluding steroid dienone is 3. The molecule has 1 N–H and O–H groups in total. The van der Waals surface area contributed by atoms with Crippen molar-refractivity contribution in [1.82, 2.24) is 0 Å². The molecule has 0 aromatic rings. The van der Waals surface area contributed by atoms with Crippen LogP contribution in [-0.2, 0) is 9.59 Å². The number of carbonyl (C=O) groups excluding carboxylic acids is 2. The van der Waals surface area contributed by atoms with E-state index in [1.165, 1.54) is 17.6 Å². The van der Waals surface area contributed by atoms with Crippen molar-refractivity contribution in [1.29, 1.82) is 0 Å². The van der Waals surface area contributed by atoms with Gasteiger partial charge < -0.3 is 5.11 Å². The van der Waals surface area contributed by atoms with Crippen molar-refractivity contribution in [2.75, 3.05) is 6.61 Å². The van der Waals surface area contributed by atoms with Crippen LogP contribution in [0, 0.1) is 39.4 Å². The van der Waals surface area contributed by atoms with E-state index >= 15 is 0 Å². The lowest BCUT2D eigenvalue weighted by Gasteiger charge is -2.60. The zero-order valence-corrected chi connectivity index (χ0v) is 22.1. The van der Waals surface area contributed by atoms with E-state index in [4.69, 9.17) is 0 Å². The van der Waals surface area contributed by atoms with Crippen molar-refractivity contribution >= 4 is 11.6 Å². The normalized spacial score (nSPS) is 41.5. The molecule has 4 rings (SSSR count). The predicted octanol–water partition coefficient (Wildman–Crippen LogP) is 6.84. The van der Waals surface area contributed by atoms with Gasteiger partial charge in [-0.05, 0) is 80.5 Å². The van der Waals surface area contributed by atoms with E-state index in [1.807, 2.05) is 6.92 Å². The van der Waals surface area contributed by atoms with Crippen LogP contribution in [0.3, 0.4) is 0 Å². The summed E-state index contributed by atoms with van der Waals surface area (Å²) in [5, 5.41) is 9.30. The van der Waals surface area contributed by atoms with E-state index < -0.39 is 5.41 Å². The molecule has 3 nitrogen and oxygen atoms in total. The van der Waals surface area contributed by atoms with Gasteiger partial charge in [0.1, 0.15) is 5.78 Å². The second kappa shape index (κ2) is 8.18. The number of Topliss-reactive ketones (excluding diaryl/α,β-unsaturated/α-hetero) is 2. The van der Waals surface area contributed by atoms with Crippen molar-refractivity contribution in [3.8, 4) is 0 Å². The van der Waals surface area contributed by atoms with Gasteiger partial charge in [-0.1, -0.05) is 58.8 Å². The van der Waals surface area contributed by atoms with Crippen LogP contribution in [0.1, 0.15) is 106 Å². The minimum Gasteiger partial charge on any atom is -0.392 e. The highest BCUT2D eigenvalue weighted by molar-refractivity contribution is 6.00. The molecule has 4 aliphatic rings. The standard InChI is InChI=1S/C30H46O3/c1-19(18-31)9-8-10-20(2)21-11-16-30(7)26-22(12-15-29(21,30)6)28(5)14-13-25(33)27(3,4)24(28)17-23(26)32/h9,20-21,24,31H,8,10-18H2,1-7H3/t20-,21-,24+,28-,29-,30+/m1/s1. The van der Waals surface area contributed by atoms with Gasteiger partial charge in [-0.15, -0.1) is 0 Å². The number of fused-ring (bicyclic) bond motifs is 4. The van der Waals surface area contributed by atoms with Gasteiger partial charge in [0.25, 0.3) is 0 Å². The highest BCUT2D eigenvalue weighted by atomic mass is 16.3. The van der Waals surface area contributed by atoms with Gasteiger partial charge in [0.2, 0.25) is 0 Å². The van der Waals surface area contributed by atoms with Crippen molar-refractivity contribution in [3.63, 3.8) is 0 Å². The second-order valence-electron chi connectivity index (χ2n) is 13.3. The maximum atomic E-state index is 13.9. The largest absolute Gasteiger partial charge is 0.392 e. The molecule has 0 aromatic carbocycles. The summed E-state index contributed by atoms with van der Waals surface area (Å²) in [5.41, 5.74) is 3.36. The predicted molar refractivity (Wildman–Crippen MR) is 134 cm³/mol. The van der Waals surface area contributed by atoms with Crippen molar-refractivity contribution in [3.05, 3.63) is 22.8 Å². The summed E-state index contributed by atoms with van der Waals surface area (Å²) in [5.74, 6) is 2.06. The maximum absolute atomic E-state index is 13.9. The molecule has 0 unspecified atom stereocenters. The Bertz CT molecular complexity index is 908. The number of hydrogen-bond donors (Lipinski definition) is 1. The van der Waals surface area contributed by atoms with Crippen LogP contribution in [0.2, 0.25) is 0 Å². The molecule has 6 atom stereocenters. The van der Waals surface area contributed by atoms with Gasteiger partial charge in [-0.25, -0.2) is 0 Å². The first-order chi connectivity index (χ1) is 15.3. The Balaban J connectivity index is 1.68. The van der Waals surface area contributed by atoms with E-state index in [0.717, 1.165) is 44.1 Å². The average Bonchev–Trinajstić information content (AvgIpc) is 3.04. The van der Waals surface area contributed by atoms with Crippen LogP contribution >= 0.6 is 0 Å². The van der Waals surface area contributed by atoms with E-state index in [2.05, 4.69) is 47.6 Å². The quantitative estimate of drug-likeness (QED) is 0.463. The SMILES string of the molecule is CC(=CCC[C@@H](C)[C@H]1CC[C@@]2(C)C3=C(CC[C@]12C)[C@@]1(C)CCC(=O)C(C)(C)[C@@H]1CC3=O)CO. The topological polar surface area (TPSA) is 54.4 Å². The molecule has 0 spiro atoms. The van der Waals surface area contributed by atoms with E-state index in [1.54, 1.807) is 0 Å². The summed E-state index contributed by atoms with van der Waals surface area (Å²) in [6, 6.07) is 0. The molecule has 0 radical (unpaired) electrons. The Hall–Kier alpha value is -1.22. The first-order valence-electron chi connectivity index (χ1n) is 13.4. The Kier molecular flexibility index (Phi) is 6.17. The Morgan fingerprint density at radius 3 is 2.45 bits per heavy atom. The highest BCUT2D eigenvalue weighted by Gasteiger charge is 2.65. The molecule has 2 fully saturated rings. The zero-order chi connectivity index (χ0) is 24.4. The molecule has 4 aliphatic carbocycles. The summed E-state index contributed by atoms with van der Waals surface area (Å²) in [4.78, 5) is 26.7. The van der Waals surface area contributed by atoms with Gasteiger partial charge in [0.05, 0.1) is 6.61 Å². The minimum absolute atomic E-state index is 0.0126. The molecule has 0 bridgehead atoms. The lowest BCUT2D eigenvalue weighted by molar-refractivity contribution is -0.142. The van der Waals surface area contributed by atoms with E-state index in [9.17, 15) is 14.7 Å². The molecule has 0 aromatic heterocycles. The third-order valence-electron chi connectivity index (χ3n) is 11.4. The molecule has 184 valence electrons. The average molecular weight is 455 g/mol. The van der Waals surface area contributed by atoms with Crippen molar-refractivity contribution < 1.29 is 14.7 Å². The molecule has 0 amide bonds. The first-order valence-corrected chi connectivity index (χ1v) is 13.4. The summed E-state index contributed by atoms with van der Waals surface area (Å²) in [6.45, 7) is 16.0. The zero-order valence-electron chi connectivity index (χ0n) is 22.1. The minimum atomic E-state index is -0.407. The maximum Gasteiger partial charge on any atom is 0.159 e. The summed E-state index contributed by atoms with van der Waals surface area (Å²) < 4.78 is 0. The lowest BCUT2D eigenvalue weighted by Crippen LogP contribution is -2.56. The second-order valence-corrected chi connectivity index (χ2v) is 13.3. The third kappa shape index (κ3) is 3.46. The van der Waals surface area contributed by atoms with Crippen LogP contribution in [-0.4, -0.2) is 23.3 Å². The fourth-order valence-electron chi connectivity index (χ4n) is 8.98. The molecular weight excluding hydrogens is 408 g/mol. The summed E-state index contributed by atoms with van der Waals surface area (Å²) in [6.07, 6.45) is 11.0. The third-order valence-corrected chi connectivity index (χ3v) is 11.4. The van der Waals surface area contributed by atoms with Gasteiger partial charge >= 0.3 is 0 Å². The van der Waals surface area contributed by atoms with Crippen molar-refractivity contribution in [2.45, 2.75) is 106 Å². The number of carbonyl (C=O) groups is 2. The van der Waals surface area contributed by atoms with Gasteiger partial charge in [0.15, 0.2) is 5.78 Å². The number of aliphatic hydroxyl groups is 1. The fraction of sp³-hybridized carbons (Fsp3) is 0.800. The highest BCUT2D eigenvalue weighted by Crippen LogP contribution is 2.71. The Morgan fingerprint density at radius 1 is 1.09 bits per heavy atom. The molecule has 0 saturated heterocycles. The van der Waals surface area contributed by atoms with E-state index in [-0.39, 0.29) is 28.8 Å². The lowest BCUT2D eigenvalue weighted by atomic mass is 9.43.